The van der Waals surface area contributed by atoms with Gasteiger partial charge in [-0.15, -0.1) is 0 Å². The van der Waals surface area contributed by atoms with E-state index in [1.807, 2.05) is 0 Å². The van der Waals surface area contributed by atoms with Gasteiger partial charge in [-0.2, -0.15) is 0 Å². The minimum absolute atomic E-state index is 0.160. The fraction of sp³-hybridized carbons (Fsp3) is 0.571. The summed E-state index contributed by atoms with van der Waals surface area (Å²) in [6.45, 7) is 1.81. The number of esters is 2. The van der Waals surface area contributed by atoms with Crippen LogP contribution < -0.4 is 11.2 Å². The molecule has 1 aromatic rings. The van der Waals surface area contributed by atoms with Gasteiger partial charge in [-0.25, -0.2) is 4.79 Å². The molecule has 1 aromatic heterocycles. The number of aromatic nitrogens is 2. The maximum Gasteiger partial charge on any atom is 0.330 e. The molecule has 2 N–H and O–H groups in total. The van der Waals surface area contributed by atoms with Crippen LogP contribution in [0.1, 0.15) is 20.1 Å². The van der Waals surface area contributed by atoms with E-state index >= 15 is 0 Å². The Labute approximate surface area is 136 Å². The second kappa shape index (κ2) is 7.41. The SMILES string of the molecule is CC(=O)OC[C@H]1[C@@H](OC(C)=O)[C@H](n2ccc(=O)[nH]c2=O)O[C@@H]1CO. The second-order valence-corrected chi connectivity index (χ2v) is 5.31. The van der Waals surface area contributed by atoms with Gasteiger partial charge in [-0.3, -0.25) is 23.9 Å². The lowest BCUT2D eigenvalue weighted by molar-refractivity contribution is -0.155. The maximum atomic E-state index is 12.0. The fourth-order valence-corrected chi connectivity index (χ4v) is 2.56. The number of carbonyl (C=O) groups is 2. The van der Waals surface area contributed by atoms with Gasteiger partial charge in [0.05, 0.1) is 18.6 Å². The minimum Gasteiger partial charge on any atom is -0.465 e. The van der Waals surface area contributed by atoms with Crippen molar-refractivity contribution in [1.82, 2.24) is 9.55 Å². The number of rotatable bonds is 5. The van der Waals surface area contributed by atoms with Gasteiger partial charge in [0.1, 0.15) is 6.61 Å². The molecular formula is C14H18N2O8. The Bertz CT molecular complexity index is 724. The average Bonchev–Trinajstić information content (AvgIpc) is 2.82. The number of nitrogens with zero attached hydrogens (tertiary/aromatic N) is 1. The van der Waals surface area contributed by atoms with Crippen LogP contribution in [0.25, 0.3) is 0 Å². The van der Waals surface area contributed by atoms with Crippen LogP contribution in [0, 0.1) is 5.92 Å². The smallest absolute Gasteiger partial charge is 0.330 e. The van der Waals surface area contributed by atoms with Gasteiger partial charge in [0.25, 0.3) is 5.56 Å². The Kier molecular flexibility index (Phi) is 5.52. The summed E-state index contributed by atoms with van der Waals surface area (Å²) >= 11 is 0. The number of H-pyrrole nitrogens is 1. The minimum atomic E-state index is -1.07. The molecule has 10 nitrogen and oxygen atoms in total. The van der Waals surface area contributed by atoms with Gasteiger partial charge < -0.3 is 19.3 Å². The summed E-state index contributed by atoms with van der Waals surface area (Å²) in [4.78, 5) is 47.7. The number of aliphatic hydroxyl groups excluding tert-OH is 1. The Balaban J connectivity index is 2.37. The summed E-state index contributed by atoms with van der Waals surface area (Å²) in [6.07, 6.45) is -1.68. The van der Waals surface area contributed by atoms with Crippen LogP contribution in [0.4, 0.5) is 0 Å². The highest BCUT2D eigenvalue weighted by atomic mass is 16.6. The van der Waals surface area contributed by atoms with Crippen LogP contribution in [0.5, 0.6) is 0 Å². The lowest BCUT2D eigenvalue weighted by Crippen LogP contribution is -2.39. The molecule has 0 aliphatic carbocycles. The van der Waals surface area contributed by atoms with E-state index in [-0.39, 0.29) is 6.61 Å². The summed E-state index contributed by atoms with van der Waals surface area (Å²) in [7, 11) is 0. The monoisotopic (exact) mass is 342 g/mol. The highest BCUT2D eigenvalue weighted by Crippen LogP contribution is 2.35. The molecule has 0 bridgehead atoms. The van der Waals surface area contributed by atoms with Crippen molar-refractivity contribution < 1.29 is 28.9 Å². The first-order chi connectivity index (χ1) is 11.3. The fourth-order valence-electron chi connectivity index (χ4n) is 2.56. The number of carbonyl (C=O) groups excluding carboxylic acids is 2. The second-order valence-electron chi connectivity index (χ2n) is 5.31. The first-order valence-electron chi connectivity index (χ1n) is 7.22. The van der Waals surface area contributed by atoms with Gasteiger partial charge in [-0.1, -0.05) is 0 Å². The van der Waals surface area contributed by atoms with Crippen molar-refractivity contribution in [3.63, 3.8) is 0 Å². The van der Waals surface area contributed by atoms with Crippen LogP contribution in [0.2, 0.25) is 0 Å². The third-order valence-electron chi connectivity index (χ3n) is 3.58. The van der Waals surface area contributed by atoms with E-state index in [2.05, 4.69) is 4.98 Å². The zero-order valence-corrected chi connectivity index (χ0v) is 13.1. The first kappa shape index (κ1) is 17.9. The number of nitrogens with one attached hydrogen (secondary N) is 1. The van der Waals surface area contributed by atoms with Crippen LogP contribution in [0.3, 0.4) is 0 Å². The third kappa shape index (κ3) is 3.89. The van der Waals surface area contributed by atoms with Crippen LogP contribution in [0.15, 0.2) is 21.9 Å². The highest BCUT2D eigenvalue weighted by Gasteiger charge is 2.48. The molecule has 1 saturated heterocycles. The maximum absolute atomic E-state index is 12.0. The topological polar surface area (TPSA) is 137 Å². The third-order valence-corrected chi connectivity index (χ3v) is 3.58. The molecule has 2 heterocycles. The molecule has 10 heteroatoms. The van der Waals surface area contributed by atoms with Crippen LogP contribution in [-0.4, -0.2) is 52.0 Å². The zero-order valence-electron chi connectivity index (χ0n) is 13.1. The molecule has 0 spiro atoms. The molecule has 0 amide bonds. The predicted molar refractivity (Wildman–Crippen MR) is 78.0 cm³/mol. The van der Waals surface area contributed by atoms with E-state index in [0.29, 0.717) is 0 Å². The lowest BCUT2D eigenvalue weighted by atomic mass is 9.99. The molecule has 0 aromatic carbocycles. The Morgan fingerprint density at radius 3 is 2.58 bits per heavy atom. The van der Waals surface area contributed by atoms with Crippen molar-refractivity contribution >= 4 is 11.9 Å². The average molecular weight is 342 g/mol. The Hall–Kier alpha value is -2.46. The molecule has 2 rings (SSSR count). The molecule has 0 unspecified atom stereocenters. The van der Waals surface area contributed by atoms with Crippen molar-refractivity contribution in [2.75, 3.05) is 13.2 Å². The molecule has 1 fully saturated rings. The summed E-state index contributed by atoms with van der Waals surface area (Å²) < 4.78 is 16.8. The molecular weight excluding hydrogens is 324 g/mol. The van der Waals surface area contributed by atoms with E-state index < -0.39 is 54.1 Å². The number of aromatic amines is 1. The molecule has 0 saturated carbocycles. The number of ether oxygens (including phenoxy) is 3. The Morgan fingerprint density at radius 1 is 1.33 bits per heavy atom. The van der Waals surface area contributed by atoms with Crippen molar-refractivity contribution in [1.29, 1.82) is 0 Å². The summed E-state index contributed by atoms with van der Waals surface area (Å²) in [5, 5.41) is 9.48. The van der Waals surface area contributed by atoms with Gasteiger partial charge in [-0.05, 0) is 0 Å². The van der Waals surface area contributed by atoms with Gasteiger partial charge >= 0.3 is 17.6 Å². The molecule has 1 aliphatic heterocycles. The molecule has 132 valence electrons. The molecule has 0 radical (unpaired) electrons. The van der Waals surface area contributed by atoms with Gasteiger partial charge in [0.2, 0.25) is 0 Å². The van der Waals surface area contributed by atoms with E-state index in [1.165, 1.54) is 20.0 Å². The van der Waals surface area contributed by atoms with Crippen molar-refractivity contribution in [2.24, 2.45) is 5.92 Å². The highest BCUT2D eigenvalue weighted by molar-refractivity contribution is 5.66. The lowest BCUT2D eigenvalue weighted by Gasteiger charge is -2.23. The number of hydrogen-bond acceptors (Lipinski definition) is 8. The Morgan fingerprint density at radius 2 is 2.04 bits per heavy atom. The van der Waals surface area contributed by atoms with Crippen LogP contribution >= 0.6 is 0 Å². The van der Waals surface area contributed by atoms with Crippen molar-refractivity contribution in [2.45, 2.75) is 32.3 Å². The van der Waals surface area contributed by atoms with Crippen LogP contribution in [-0.2, 0) is 23.8 Å². The quantitative estimate of drug-likeness (QED) is 0.619. The molecule has 24 heavy (non-hydrogen) atoms. The normalized spacial score (nSPS) is 26.1. The summed E-state index contributed by atoms with van der Waals surface area (Å²) in [5.74, 6) is -1.85. The van der Waals surface area contributed by atoms with Crippen molar-refractivity contribution in [3.8, 4) is 0 Å². The summed E-state index contributed by atoms with van der Waals surface area (Å²) in [6, 6.07) is 1.11. The van der Waals surface area contributed by atoms with E-state index in [1.54, 1.807) is 0 Å². The summed E-state index contributed by atoms with van der Waals surface area (Å²) in [5.41, 5.74) is -1.34. The molecule has 4 atom stereocenters. The van der Waals surface area contributed by atoms with Crippen molar-refractivity contribution in [3.05, 3.63) is 33.1 Å². The van der Waals surface area contributed by atoms with Gasteiger partial charge in [0, 0.05) is 26.1 Å². The van der Waals surface area contributed by atoms with Gasteiger partial charge in [0.15, 0.2) is 12.3 Å². The zero-order chi connectivity index (χ0) is 17.9. The number of hydrogen-bond donors (Lipinski definition) is 2. The largest absolute Gasteiger partial charge is 0.465 e. The molecule has 1 aliphatic rings. The number of aliphatic hydroxyl groups is 1. The first-order valence-corrected chi connectivity index (χ1v) is 7.22. The van der Waals surface area contributed by atoms with E-state index in [9.17, 15) is 24.3 Å². The van der Waals surface area contributed by atoms with E-state index in [4.69, 9.17) is 14.2 Å². The standard InChI is InChI=1S/C14H18N2O8/c1-7(18)22-6-9-10(5-17)24-13(12(9)23-8(2)19)16-4-3-11(20)15-14(16)21/h3-4,9-10,12-13,17H,5-6H2,1-2H3,(H,15,20,21)/t9-,10-,12-,13-/m1/s1. The predicted octanol–water partition coefficient (Wildman–Crippen LogP) is -1.46. The van der Waals surface area contributed by atoms with E-state index in [0.717, 1.165) is 10.6 Å².